The molecule has 0 aromatic carbocycles. The first-order chi connectivity index (χ1) is 8.51. The van der Waals surface area contributed by atoms with Gasteiger partial charge in [0.2, 0.25) is 5.91 Å². The SMILES string of the molecule is CC1(C(=O)Nc2ccc(C(=O)O)cn2)CC=CS1. The third-order valence-corrected chi connectivity index (χ3v) is 3.86. The molecule has 2 N–H and O–H groups in total. The molecule has 1 aliphatic rings. The molecule has 1 aliphatic heterocycles. The fourth-order valence-electron chi connectivity index (χ4n) is 1.51. The predicted molar refractivity (Wildman–Crippen MR) is 69.6 cm³/mol. The molecular weight excluding hydrogens is 252 g/mol. The summed E-state index contributed by atoms with van der Waals surface area (Å²) in [6, 6.07) is 2.89. The smallest absolute Gasteiger partial charge is 0.337 e. The number of carbonyl (C=O) groups excluding carboxylic acids is 1. The highest BCUT2D eigenvalue weighted by Gasteiger charge is 2.34. The molecule has 0 saturated carbocycles. The van der Waals surface area contributed by atoms with E-state index < -0.39 is 10.7 Å². The molecule has 1 aromatic rings. The topological polar surface area (TPSA) is 79.3 Å². The van der Waals surface area contributed by atoms with Gasteiger partial charge >= 0.3 is 5.97 Å². The number of anilines is 1. The molecule has 18 heavy (non-hydrogen) atoms. The average Bonchev–Trinajstić information content (AvgIpc) is 2.78. The molecule has 0 radical (unpaired) electrons. The van der Waals surface area contributed by atoms with Crippen LogP contribution < -0.4 is 5.32 Å². The molecule has 0 fully saturated rings. The molecule has 1 amide bonds. The van der Waals surface area contributed by atoms with Crippen molar-refractivity contribution in [2.24, 2.45) is 0 Å². The van der Waals surface area contributed by atoms with Crippen LogP contribution in [0.25, 0.3) is 0 Å². The van der Waals surface area contributed by atoms with Crippen molar-refractivity contribution in [3.63, 3.8) is 0 Å². The second-order valence-electron chi connectivity index (χ2n) is 4.12. The normalized spacial score (nSPS) is 21.8. The van der Waals surface area contributed by atoms with Gasteiger partial charge in [0.25, 0.3) is 0 Å². The Labute approximate surface area is 108 Å². The van der Waals surface area contributed by atoms with Crippen LogP contribution in [0.1, 0.15) is 23.7 Å². The summed E-state index contributed by atoms with van der Waals surface area (Å²) in [5.74, 6) is -0.810. The van der Waals surface area contributed by atoms with Crippen molar-refractivity contribution in [3.8, 4) is 0 Å². The zero-order valence-electron chi connectivity index (χ0n) is 9.71. The lowest BCUT2D eigenvalue weighted by Crippen LogP contribution is -2.35. The number of amides is 1. The van der Waals surface area contributed by atoms with Gasteiger partial charge in [-0.25, -0.2) is 9.78 Å². The minimum Gasteiger partial charge on any atom is -0.478 e. The Morgan fingerprint density at radius 3 is 2.78 bits per heavy atom. The van der Waals surface area contributed by atoms with E-state index in [-0.39, 0.29) is 11.5 Å². The lowest BCUT2D eigenvalue weighted by atomic mass is 10.1. The number of carboxylic acid groups (broad SMARTS) is 1. The first kappa shape index (κ1) is 12.6. The first-order valence-electron chi connectivity index (χ1n) is 5.35. The number of aromatic nitrogens is 1. The third-order valence-electron chi connectivity index (χ3n) is 2.66. The quantitative estimate of drug-likeness (QED) is 0.874. The Bertz CT molecular complexity index is 503. The summed E-state index contributed by atoms with van der Waals surface area (Å²) in [5, 5.41) is 13.3. The number of rotatable bonds is 3. The van der Waals surface area contributed by atoms with E-state index in [9.17, 15) is 9.59 Å². The molecule has 0 saturated heterocycles. The monoisotopic (exact) mass is 264 g/mol. The maximum absolute atomic E-state index is 12.0. The van der Waals surface area contributed by atoms with Crippen molar-refractivity contribution >= 4 is 29.5 Å². The molecule has 5 nitrogen and oxygen atoms in total. The van der Waals surface area contributed by atoms with E-state index in [0.29, 0.717) is 12.2 Å². The predicted octanol–water partition coefficient (Wildman–Crippen LogP) is 2.13. The number of thioether (sulfide) groups is 1. The van der Waals surface area contributed by atoms with Crippen molar-refractivity contribution < 1.29 is 14.7 Å². The number of carboxylic acids is 1. The highest BCUT2D eigenvalue weighted by atomic mass is 32.2. The second kappa shape index (κ2) is 4.81. The summed E-state index contributed by atoms with van der Waals surface area (Å²) in [5.41, 5.74) is 0.0936. The lowest BCUT2D eigenvalue weighted by molar-refractivity contribution is -0.118. The van der Waals surface area contributed by atoms with Crippen molar-refractivity contribution in [3.05, 3.63) is 35.4 Å². The van der Waals surface area contributed by atoms with Gasteiger partial charge in [0.1, 0.15) is 5.82 Å². The zero-order valence-corrected chi connectivity index (χ0v) is 10.5. The van der Waals surface area contributed by atoms with E-state index >= 15 is 0 Å². The number of pyridine rings is 1. The minimum atomic E-state index is -1.04. The highest BCUT2D eigenvalue weighted by molar-refractivity contribution is 8.04. The standard InChI is InChI=1S/C12H12N2O3S/c1-12(5-2-6-18-12)11(17)14-9-4-3-8(7-13-9)10(15)16/h2-4,6-7H,5H2,1H3,(H,15,16)(H,13,14,17). The molecular formula is C12H12N2O3S. The molecule has 0 bridgehead atoms. The Morgan fingerprint density at radius 1 is 1.50 bits per heavy atom. The van der Waals surface area contributed by atoms with E-state index in [1.165, 1.54) is 30.1 Å². The van der Waals surface area contributed by atoms with Gasteiger partial charge in [0.15, 0.2) is 0 Å². The van der Waals surface area contributed by atoms with E-state index in [1.54, 1.807) is 0 Å². The van der Waals surface area contributed by atoms with E-state index in [2.05, 4.69) is 10.3 Å². The van der Waals surface area contributed by atoms with Crippen molar-refractivity contribution in [2.75, 3.05) is 5.32 Å². The summed E-state index contributed by atoms with van der Waals surface area (Å²) in [6.45, 7) is 1.86. The average molecular weight is 264 g/mol. The van der Waals surface area contributed by atoms with Crippen LogP contribution >= 0.6 is 11.8 Å². The summed E-state index contributed by atoms with van der Waals surface area (Å²) >= 11 is 1.47. The van der Waals surface area contributed by atoms with E-state index in [0.717, 1.165) is 0 Å². The number of nitrogens with one attached hydrogen (secondary N) is 1. The van der Waals surface area contributed by atoms with Crippen LogP contribution in [0.2, 0.25) is 0 Å². The summed E-state index contributed by atoms with van der Waals surface area (Å²) < 4.78 is -0.507. The summed E-state index contributed by atoms with van der Waals surface area (Å²) in [7, 11) is 0. The molecule has 0 aliphatic carbocycles. The van der Waals surface area contributed by atoms with Gasteiger partial charge in [0.05, 0.1) is 10.3 Å². The maximum atomic E-state index is 12.0. The molecule has 0 spiro atoms. The Kier molecular flexibility index (Phi) is 3.38. The molecule has 94 valence electrons. The third kappa shape index (κ3) is 2.53. The van der Waals surface area contributed by atoms with Crippen LogP contribution in [0.5, 0.6) is 0 Å². The number of hydrogen-bond acceptors (Lipinski definition) is 4. The van der Waals surface area contributed by atoms with Gasteiger partial charge in [-0.05, 0) is 30.9 Å². The summed E-state index contributed by atoms with van der Waals surface area (Å²) in [4.78, 5) is 26.6. The van der Waals surface area contributed by atoms with Gasteiger partial charge in [-0.2, -0.15) is 0 Å². The van der Waals surface area contributed by atoms with Crippen LogP contribution in [0, 0.1) is 0 Å². The maximum Gasteiger partial charge on any atom is 0.337 e. The minimum absolute atomic E-state index is 0.0936. The van der Waals surface area contributed by atoms with Crippen LogP contribution in [0.4, 0.5) is 5.82 Å². The van der Waals surface area contributed by atoms with Crippen LogP contribution in [0.15, 0.2) is 29.8 Å². The zero-order chi connectivity index (χ0) is 13.2. The van der Waals surface area contributed by atoms with Crippen LogP contribution in [0.3, 0.4) is 0 Å². The lowest BCUT2D eigenvalue weighted by Gasteiger charge is -2.20. The number of allylic oxidation sites excluding steroid dienone is 1. The first-order valence-corrected chi connectivity index (χ1v) is 6.23. The molecule has 1 unspecified atom stereocenters. The molecule has 1 atom stereocenters. The van der Waals surface area contributed by atoms with Gasteiger partial charge in [-0.1, -0.05) is 6.08 Å². The second-order valence-corrected chi connectivity index (χ2v) is 5.52. The van der Waals surface area contributed by atoms with E-state index in [4.69, 9.17) is 5.11 Å². The fourth-order valence-corrected chi connectivity index (χ4v) is 2.35. The number of nitrogens with zero attached hydrogens (tertiary/aromatic N) is 1. The Morgan fingerprint density at radius 2 is 2.28 bits per heavy atom. The highest BCUT2D eigenvalue weighted by Crippen LogP contribution is 2.36. The van der Waals surface area contributed by atoms with E-state index in [1.807, 2.05) is 18.4 Å². The number of hydrogen-bond donors (Lipinski definition) is 2. The molecule has 2 heterocycles. The van der Waals surface area contributed by atoms with Gasteiger partial charge in [-0.3, -0.25) is 4.79 Å². The van der Waals surface area contributed by atoms with Gasteiger partial charge < -0.3 is 10.4 Å². The van der Waals surface area contributed by atoms with Gasteiger partial charge in [0, 0.05) is 6.20 Å². The largest absolute Gasteiger partial charge is 0.478 e. The Hall–Kier alpha value is -1.82. The fraction of sp³-hybridized carbons (Fsp3) is 0.250. The molecule has 1 aromatic heterocycles. The van der Waals surface area contributed by atoms with Crippen molar-refractivity contribution in [2.45, 2.75) is 18.1 Å². The summed E-state index contributed by atoms with van der Waals surface area (Å²) in [6.07, 6.45) is 3.85. The van der Waals surface area contributed by atoms with Gasteiger partial charge in [-0.15, -0.1) is 11.8 Å². The Balaban J connectivity index is 2.05. The van der Waals surface area contributed by atoms with Crippen LogP contribution in [-0.2, 0) is 4.79 Å². The van der Waals surface area contributed by atoms with Crippen molar-refractivity contribution in [1.82, 2.24) is 4.98 Å². The van der Waals surface area contributed by atoms with Crippen LogP contribution in [-0.4, -0.2) is 26.7 Å². The molecule has 6 heteroatoms. The molecule has 2 rings (SSSR count). The van der Waals surface area contributed by atoms with Crippen molar-refractivity contribution in [1.29, 1.82) is 0 Å². The number of carbonyl (C=O) groups is 2. The number of aromatic carboxylic acids is 1.